The van der Waals surface area contributed by atoms with Crippen molar-refractivity contribution in [2.75, 3.05) is 0 Å². The minimum atomic E-state index is -0.670. The molecule has 0 aromatic heterocycles. The summed E-state index contributed by atoms with van der Waals surface area (Å²) in [5.74, 6) is -0.670. The maximum atomic E-state index is 10.4. The second-order valence-corrected chi connectivity index (χ2v) is 6.78. The first-order valence-corrected chi connectivity index (χ1v) is 9.76. The van der Waals surface area contributed by atoms with Crippen LogP contribution in [0.5, 0.6) is 0 Å². The number of aliphatic carboxylic acids is 1. The molecular weight excluding hydrogens is 288 g/mol. The minimum absolute atomic E-state index is 0.322. The number of carbonyl (C=O) groups is 1. The zero-order valence-corrected chi connectivity index (χ0v) is 15.0. The van der Waals surface area contributed by atoms with Crippen molar-refractivity contribution in [3.63, 3.8) is 0 Å². The van der Waals surface area contributed by atoms with Gasteiger partial charge in [0, 0.05) is 6.42 Å². The maximum Gasteiger partial charge on any atom is 0.303 e. The van der Waals surface area contributed by atoms with Crippen LogP contribution in [0.15, 0.2) is 12.2 Å². The summed E-state index contributed by atoms with van der Waals surface area (Å²) in [7, 11) is 0. The van der Waals surface area contributed by atoms with Crippen LogP contribution in [-0.4, -0.2) is 23.3 Å². The average molecular weight is 325 g/mol. The van der Waals surface area contributed by atoms with E-state index in [0.717, 1.165) is 25.7 Å². The van der Waals surface area contributed by atoms with E-state index in [-0.39, 0.29) is 0 Å². The van der Waals surface area contributed by atoms with E-state index in [9.17, 15) is 4.79 Å². The molecule has 134 valence electrons. The number of allylic oxidation sites excluding steroid dienone is 2. The molecule has 3 heteroatoms. The van der Waals surface area contributed by atoms with E-state index in [1.807, 2.05) is 0 Å². The number of ether oxygens (including phenoxy) is 1. The third-order valence-corrected chi connectivity index (χ3v) is 4.63. The topological polar surface area (TPSA) is 49.8 Å². The highest BCUT2D eigenvalue weighted by Gasteiger charge is 2.35. The molecule has 1 rings (SSSR count). The van der Waals surface area contributed by atoms with Gasteiger partial charge in [0.05, 0.1) is 12.2 Å². The normalized spacial score (nSPS) is 20.2. The molecule has 1 heterocycles. The number of carboxylic acid groups (broad SMARTS) is 1. The Balaban J connectivity index is 1.71. The van der Waals surface area contributed by atoms with Crippen LogP contribution in [0.4, 0.5) is 0 Å². The summed E-state index contributed by atoms with van der Waals surface area (Å²) in [4.78, 5) is 10.4. The largest absolute Gasteiger partial charge is 0.481 e. The third kappa shape index (κ3) is 12.3. The van der Waals surface area contributed by atoms with Crippen LogP contribution in [-0.2, 0) is 9.53 Å². The molecular formula is C20H36O3. The minimum Gasteiger partial charge on any atom is -0.481 e. The Morgan fingerprint density at radius 1 is 0.870 bits per heavy atom. The molecule has 0 amide bonds. The molecule has 3 nitrogen and oxygen atoms in total. The van der Waals surface area contributed by atoms with Gasteiger partial charge >= 0.3 is 5.97 Å². The van der Waals surface area contributed by atoms with E-state index in [4.69, 9.17) is 9.84 Å². The molecule has 23 heavy (non-hydrogen) atoms. The molecule has 2 unspecified atom stereocenters. The molecule has 2 atom stereocenters. The second kappa shape index (κ2) is 13.6. The van der Waals surface area contributed by atoms with Crippen LogP contribution in [0.2, 0.25) is 0 Å². The number of epoxide rings is 1. The van der Waals surface area contributed by atoms with Crippen molar-refractivity contribution in [1.29, 1.82) is 0 Å². The summed E-state index contributed by atoms with van der Waals surface area (Å²) in [5, 5.41) is 8.54. The van der Waals surface area contributed by atoms with Crippen LogP contribution < -0.4 is 0 Å². The van der Waals surface area contributed by atoms with Crippen LogP contribution in [0, 0.1) is 0 Å². The van der Waals surface area contributed by atoms with Gasteiger partial charge in [0.25, 0.3) is 0 Å². The molecule has 0 spiro atoms. The first-order valence-electron chi connectivity index (χ1n) is 9.76. The SMILES string of the molecule is CCC1OC1CCCCCCCC=CCCCCCCC(=O)O. The maximum absolute atomic E-state index is 10.4. The lowest BCUT2D eigenvalue weighted by Gasteiger charge is -1.99. The van der Waals surface area contributed by atoms with Gasteiger partial charge in [0.15, 0.2) is 0 Å². The predicted octanol–water partition coefficient (Wildman–Crippen LogP) is 5.88. The molecule has 1 fully saturated rings. The summed E-state index contributed by atoms with van der Waals surface area (Å²) >= 11 is 0. The van der Waals surface area contributed by atoms with E-state index in [2.05, 4.69) is 19.1 Å². The first kappa shape index (κ1) is 20.2. The molecule has 1 aliphatic rings. The van der Waals surface area contributed by atoms with E-state index in [1.54, 1.807) is 0 Å². The quantitative estimate of drug-likeness (QED) is 0.219. The smallest absolute Gasteiger partial charge is 0.303 e. The fourth-order valence-corrected chi connectivity index (χ4v) is 3.06. The molecule has 0 saturated carbocycles. The summed E-state index contributed by atoms with van der Waals surface area (Å²) in [6, 6.07) is 0. The number of carboxylic acids is 1. The van der Waals surface area contributed by atoms with Crippen molar-refractivity contribution in [2.45, 2.75) is 109 Å². The van der Waals surface area contributed by atoms with Crippen molar-refractivity contribution in [3.05, 3.63) is 12.2 Å². The van der Waals surface area contributed by atoms with Gasteiger partial charge in [-0.05, 0) is 44.9 Å². The van der Waals surface area contributed by atoms with Crippen LogP contribution in [0.25, 0.3) is 0 Å². The second-order valence-electron chi connectivity index (χ2n) is 6.78. The molecule has 1 aliphatic heterocycles. The Kier molecular flexibility index (Phi) is 11.9. The van der Waals surface area contributed by atoms with E-state index < -0.39 is 5.97 Å². The number of rotatable bonds is 16. The Labute approximate surface area is 142 Å². The molecule has 0 aliphatic carbocycles. The summed E-state index contributed by atoms with van der Waals surface area (Å²) < 4.78 is 5.55. The summed E-state index contributed by atoms with van der Waals surface area (Å²) in [5.41, 5.74) is 0. The molecule has 1 saturated heterocycles. The first-order chi connectivity index (χ1) is 11.2. The summed E-state index contributed by atoms with van der Waals surface area (Å²) in [6.07, 6.45) is 21.8. The fraction of sp³-hybridized carbons (Fsp3) is 0.850. The van der Waals surface area contributed by atoms with Crippen molar-refractivity contribution in [1.82, 2.24) is 0 Å². The van der Waals surface area contributed by atoms with Gasteiger partial charge in [-0.3, -0.25) is 4.79 Å². The number of hydrogen-bond acceptors (Lipinski definition) is 2. The zero-order chi connectivity index (χ0) is 16.8. The fourth-order valence-electron chi connectivity index (χ4n) is 3.06. The van der Waals surface area contributed by atoms with Crippen molar-refractivity contribution in [3.8, 4) is 0 Å². The monoisotopic (exact) mass is 324 g/mol. The van der Waals surface area contributed by atoms with Crippen molar-refractivity contribution >= 4 is 5.97 Å². The van der Waals surface area contributed by atoms with Gasteiger partial charge in [0.1, 0.15) is 0 Å². The summed E-state index contributed by atoms with van der Waals surface area (Å²) in [6.45, 7) is 2.21. The lowest BCUT2D eigenvalue weighted by molar-refractivity contribution is -0.137. The average Bonchev–Trinajstić information content (AvgIpc) is 3.29. The van der Waals surface area contributed by atoms with Crippen molar-refractivity contribution in [2.24, 2.45) is 0 Å². The lowest BCUT2D eigenvalue weighted by Crippen LogP contribution is -1.93. The Morgan fingerprint density at radius 3 is 2.00 bits per heavy atom. The van der Waals surface area contributed by atoms with Crippen LogP contribution in [0.3, 0.4) is 0 Å². The van der Waals surface area contributed by atoms with E-state index in [0.29, 0.717) is 18.6 Å². The van der Waals surface area contributed by atoms with Gasteiger partial charge in [-0.25, -0.2) is 0 Å². The molecule has 0 aromatic rings. The van der Waals surface area contributed by atoms with Crippen LogP contribution >= 0.6 is 0 Å². The molecule has 1 N–H and O–H groups in total. The van der Waals surface area contributed by atoms with Crippen molar-refractivity contribution < 1.29 is 14.6 Å². The molecule has 0 aromatic carbocycles. The number of hydrogen-bond donors (Lipinski definition) is 1. The van der Waals surface area contributed by atoms with Gasteiger partial charge < -0.3 is 9.84 Å². The molecule has 0 radical (unpaired) electrons. The third-order valence-electron chi connectivity index (χ3n) is 4.63. The van der Waals surface area contributed by atoms with E-state index >= 15 is 0 Å². The van der Waals surface area contributed by atoms with Crippen LogP contribution in [0.1, 0.15) is 96.8 Å². The van der Waals surface area contributed by atoms with Gasteiger partial charge in [-0.15, -0.1) is 0 Å². The molecule has 0 bridgehead atoms. The Bertz CT molecular complexity index is 325. The number of unbranched alkanes of at least 4 members (excludes halogenated alkanes) is 9. The van der Waals surface area contributed by atoms with Gasteiger partial charge in [-0.1, -0.05) is 57.6 Å². The highest BCUT2D eigenvalue weighted by atomic mass is 16.6. The zero-order valence-electron chi connectivity index (χ0n) is 15.0. The van der Waals surface area contributed by atoms with Gasteiger partial charge in [-0.2, -0.15) is 0 Å². The van der Waals surface area contributed by atoms with E-state index in [1.165, 1.54) is 57.8 Å². The van der Waals surface area contributed by atoms with Gasteiger partial charge in [0.2, 0.25) is 0 Å². The standard InChI is InChI=1S/C20H36O3/c1-2-18-19(23-18)16-14-12-10-8-6-4-3-5-7-9-11-13-15-17-20(21)22/h3,5,18-19H,2,4,6-17H2,1H3,(H,21,22). The highest BCUT2D eigenvalue weighted by Crippen LogP contribution is 2.29. The highest BCUT2D eigenvalue weighted by molar-refractivity contribution is 5.66. The lowest BCUT2D eigenvalue weighted by atomic mass is 10.1. The Hall–Kier alpha value is -0.830. The predicted molar refractivity (Wildman–Crippen MR) is 95.7 cm³/mol. The Morgan fingerprint density at radius 2 is 1.43 bits per heavy atom.